The summed E-state index contributed by atoms with van der Waals surface area (Å²) in [5, 5.41) is 26.2. The van der Waals surface area contributed by atoms with Gasteiger partial charge in [-0.3, -0.25) is 0 Å². The van der Waals surface area contributed by atoms with E-state index in [-0.39, 0.29) is 18.9 Å². The summed E-state index contributed by atoms with van der Waals surface area (Å²) in [5.41, 5.74) is 0. The second-order valence-electron chi connectivity index (χ2n) is 1.71. The van der Waals surface area contributed by atoms with Crippen molar-refractivity contribution < 1.29 is 62.6 Å². The number of hydrogen-bond donors (Lipinski definition) is 2. The van der Waals surface area contributed by atoms with Crippen LogP contribution in [0.1, 0.15) is 0 Å². The molecule has 0 radical (unpaired) electrons. The Kier molecular flexibility index (Phi) is 7.32. The third-order valence-corrected chi connectivity index (χ3v) is 0.756. The van der Waals surface area contributed by atoms with Crippen LogP contribution >= 0.6 is 0 Å². The van der Waals surface area contributed by atoms with Gasteiger partial charge in [0.25, 0.3) is 0 Å². The second-order valence-corrected chi connectivity index (χ2v) is 1.71. The smallest absolute Gasteiger partial charge is 0.808 e. The zero-order valence-corrected chi connectivity index (χ0v) is 7.33. The molecule has 0 heterocycles. The van der Waals surface area contributed by atoms with Crippen LogP contribution in [0.15, 0.2) is 0 Å². The molecule has 15 heavy (non-hydrogen) atoms. The summed E-state index contributed by atoms with van der Waals surface area (Å²) in [5.74, 6) is -8.05. The van der Waals surface area contributed by atoms with Crippen LogP contribution in [0.2, 0.25) is 0 Å². The normalized spacial score (nSPS) is 8.07. The molecule has 0 aromatic heterocycles. The maximum atomic E-state index is 10.3. The van der Waals surface area contributed by atoms with Crippen LogP contribution in [-0.2, 0) is 28.5 Å². The van der Waals surface area contributed by atoms with Crippen LogP contribution in [-0.4, -0.2) is 41.4 Å². The molecule has 0 amide bonds. The van der Waals surface area contributed by atoms with Crippen molar-refractivity contribution in [3.05, 3.63) is 0 Å². The Balaban J connectivity index is 0. The molecular weight excluding hydrogens is 210 g/mol. The summed E-state index contributed by atoms with van der Waals surface area (Å²) in [6, 6.07) is 0. The predicted octanol–water partition coefficient (Wildman–Crippen LogP) is -6.41. The van der Waals surface area contributed by atoms with Crippen molar-refractivity contribution in [1.29, 1.82) is 0 Å². The molecule has 0 spiro atoms. The first kappa shape index (κ1) is 16.0. The van der Waals surface area contributed by atoms with Crippen molar-refractivity contribution in [2.24, 2.45) is 0 Å². The SMILES string of the molecule is O=C(O)C(=O)OB([O-])OC(=O)C(=O)O.[Li+]. The Hall–Kier alpha value is -1.50. The number of rotatable bonds is 2. The van der Waals surface area contributed by atoms with Gasteiger partial charge in [-0.05, 0) is 0 Å². The summed E-state index contributed by atoms with van der Waals surface area (Å²) in [4.78, 5) is 39.9. The standard InChI is InChI=1S/C4H2BO9.Li/c6-1(7)3(10)13-5(12)14-4(11)2(8)9;/h(H,6,7)(H,8,9);/q-1;+1. The van der Waals surface area contributed by atoms with E-state index in [9.17, 15) is 24.2 Å². The number of carboxylic acid groups (broad SMARTS) is 2. The molecule has 0 aromatic rings. The Labute approximate surface area is 94.3 Å². The van der Waals surface area contributed by atoms with Crippen LogP contribution in [0.3, 0.4) is 0 Å². The maximum Gasteiger partial charge on any atom is 1.00 e. The van der Waals surface area contributed by atoms with Crippen LogP contribution in [0.5, 0.6) is 0 Å². The molecule has 0 aliphatic heterocycles. The van der Waals surface area contributed by atoms with Gasteiger partial charge >= 0.3 is 50.1 Å². The molecule has 0 saturated carbocycles. The number of carbonyl (C=O) groups is 4. The fraction of sp³-hybridized carbons (Fsp3) is 0. The van der Waals surface area contributed by atoms with Crippen molar-refractivity contribution in [3.63, 3.8) is 0 Å². The van der Waals surface area contributed by atoms with E-state index in [1.807, 2.05) is 0 Å². The monoisotopic (exact) mass is 212 g/mol. The maximum absolute atomic E-state index is 10.3. The van der Waals surface area contributed by atoms with Gasteiger partial charge in [0.05, 0.1) is 0 Å². The zero-order valence-electron chi connectivity index (χ0n) is 7.33. The summed E-state index contributed by atoms with van der Waals surface area (Å²) in [6.45, 7) is 0. The molecule has 0 aliphatic rings. The largest absolute Gasteiger partial charge is 1.00 e. The second kappa shape index (κ2) is 6.88. The fourth-order valence-electron chi connectivity index (χ4n) is 0.300. The van der Waals surface area contributed by atoms with Gasteiger partial charge in [0.1, 0.15) is 0 Å². The summed E-state index contributed by atoms with van der Waals surface area (Å²) >= 11 is 0. The molecule has 0 unspecified atom stereocenters. The van der Waals surface area contributed by atoms with E-state index >= 15 is 0 Å². The van der Waals surface area contributed by atoms with Gasteiger partial charge in [0.2, 0.25) is 0 Å². The van der Waals surface area contributed by atoms with E-state index in [4.69, 9.17) is 10.2 Å². The molecule has 0 saturated heterocycles. The van der Waals surface area contributed by atoms with Gasteiger partial charge in [-0.15, -0.1) is 0 Å². The van der Waals surface area contributed by atoms with Crippen molar-refractivity contribution in [3.8, 4) is 0 Å². The predicted molar refractivity (Wildman–Crippen MR) is 33.2 cm³/mol. The first-order valence-electron chi connectivity index (χ1n) is 2.88. The van der Waals surface area contributed by atoms with Gasteiger partial charge in [-0.2, -0.15) is 0 Å². The van der Waals surface area contributed by atoms with E-state index in [2.05, 4.69) is 9.31 Å². The van der Waals surface area contributed by atoms with Gasteiger partial charge in [0, 0.05) is 0 Å². The van der Waals surface area contributed by atoms with Crippen molar-refractivity contribution in [2.75, 3.05) is 0 Å². The van der Waals surface area contributed by atoms with Crippen LogP contribution in [0.25, 0.3) is 0 Å². The van der Waals surface area contributed by atoms with E-state index in [0.29, 0.717) is 0 Å². The Bertz CT molecular complexity index is 260. The quantitative estimate of drug-likeness (QED) is 0.336. The van der Waals surface area contributed by atoms with E-state index in [1.165, 1.54) is 0 Å². The van der Waals surface area contributed by atoms with Crippen molar-refractivity contribution >= 4 is 31.2 Å². The Morgan fingerprint density at radius 3 is 1.40 bits per heavy atom. The number of carbonyl (C=O) groups excluding carboxylic acids is 2. The minimum Gasteiger partial charge on any atom is -0.808 e. The van der Waals surface area contributed by atoms with E-state index < -0.39 is 31.2 Å². The van der Waals surface area contributed by atoms with Crippen LogP contribution < -0.4 is 23.9 Å². The average Bonchev–Trinajstić information content (AvgIpc) is 2.03. The molecule has 11 heteroatoms. The summed E-state index contributed by atoms with van der Waals surface area (Å²) in [6.07, 6.45) is 0. The number of carboxylic acids is 2. The zero-order chi connectivity index (χ0) is 11.3. The molecule has 0 aliphatic carbocycles. The molecule has 0 bridgehead atoms. The first-order valence-corrected chi connectivity index (χ1v) is 2.88. The molecule has 9 nitrogen and oxygen atoms in total. The van der Waals surface area contributed by atoms with Crippen LogP contribution in [0.4, 0.5) is 0 Å². The molecule has 2 N–H and O–H groups in total. The summed E-state index contributed by atoms with van der Waals surface area (Å²) < 4.78 is 6.86. The summed E-state index contributed by atoms with van der Waals surface area (Å²) in [7, 11) is -2.82. The Morgan fingerprint density at radius 1 is 0.933 bits per heavy atom. The molecule has 0 fully saturated rings. The van der Waals surface area contributed by atoms with Crippen molar-refractivity contribution in [1.82, 2.24) is 0 Å². The minimum atomic E-state index is -2.82. The van der Waals surface area contributed by atoms with Gasteiger partial charge < -0.3 is 24.5 Å². The average molecular weight is 212 g/mol. The molecular formula is C4H2BLiO9. The molecule has 76 valence electrons. The Morgan fingerprint density at radius 2 is 1.20 bits per heavy atom. The van der Waals surface area contributed by atoms with E-state index in [1.54, 1.807) is 0 Å². The third-order valence-electron chi connectivity index (χ3n) is 0.756. The van der Waals surface area contributed by atoms with Crippen LogP contribution in [0, 0.1) is 0 Å². The third kappa shape index (κ3) is 6.56. The van der Waals surface area contributed by atoms with Crippen molar-refractivity contribution in [2.45, 2.75) is 0 Å². The molecule has 0 aromatic carbocycles. The molecule has 0 atom stereocenters. The topological polar surface area (TPSA) is 150 Å². The number of aliphatic carboxylic acids is 2. The van der Waals surface area contributed by atoms with E-state index in [0.717, 1.165) is 0 Å². The fourth-order valence-corrected chi connectivity index (χ4v) is 0.300. The minimum absolute atomic E-state index is 0. The number of hydrogen-bond acceptors (Lipinski definition) is 7. The van der Waals surface area contributed by atoms with Gasteiger partial charge in [-0.25, -0.2) is 19.2 Å². The first-order chi connectivity index (χ1) is 6.34. The van der Waals surface area contributed by atoms with Gasteiger partial charge in [-0.1, -0.05) is 0 Å². The van der Waals surface area contributed by atoms with Gasteiger partial charge in [0.15, 0.2) is 0 Å². The molecule has 0 rings (SSSR count).